The van der Waals surface area contributed by atoms with Crippen LogP contribution in [0.1, 0.15) is 15.9 Å². The van der Waals surface area contributed by atoms with Gasteiger partial charge in [0, 0.05) is 5.56 Å². The summed E-state index contributed by atoms with van der Waals surface area (Å²) < 4.78 is 6.65. The molecule has 0 unspecified atom stereocenters. The highest BCUT2D eigenvalue weighted by Gasteiger charge is 2.30. The third kappa shape index (κ3) is 7.09. The smallest absolute Gasteiger partial charge is 0.196 e. The molecule has 0 spiro atoms. The van der Waals surface area contributed by atoms with Crippen LogP contribution in [0.4, 0.5) is 0 Å². The molecule has 0 saturated heterocycles. The van der Waals surface area contributed by atoms with Gasteiger partial charge in [-0.15, -0.1) is 0 Å². The van der Waals surface area contributed by atoms with Crippen LogP contribution in [0.5, 0.6) is 17.2 Å². The molecule has 0 aliphatic carbocycles. The normalized spacial score (nSPS) is 10.9. The van der Waals surface area contributed by atoms with Crippen LogP contribution in [-0.2, 0) is 0 Å². The van der Waals surface area contributed by atoms with Crippen molar-refractivity contribution < 1.29 is 14.6 Å². The van der Waals surface area contributed by atoms with E-state index in [1.54, 1.807) is 24.3 Å². The van der Waals surface area contributed by atoms with Gasteiger partial charge in [0.1, 0.15) is 17.2 Å². The summed E-state index contributed by atoms with van der Waals surface area (Å²) in [5.41, 5.74) is 13.7. The molecule has 0 atom stereocenters. The monoisotopic (exact) mass is 746 g/mol. The van der Waals surface area contributed by atoms with Gasteiger partial charge in [-0.3, -0.25) is 4.79 Å². The van der Waals surface area contributed by atoms with E-state index in [1.807, 2.05) is 54.6 Å². The Hall–Kier alpha value is -7.75. The lowest BCUT2D eigenvalue weighted by Crippen LogP contribution is -2.05. The van der Waals surface area contributed by atoms with Crippen LogP contribution in [0.15, 0.2) is 224 Å². The van der Waals surface area contributed by atoms with E-state index in [0.29, 0.717) is 22.6 Å². The summed E-state index contributed by atoms with van der Waals surface area (Å²) in [5, 5.41) is 10.1. The fourth-order valence-corrected chi connectivity index (χ4v) is 7.84. The van der Waals surface area contributed by atoms with Crippen LogP contribution < -0.4 is 4.74 Å². The van der Waals surface area contributed by atoms with E-state index in [9.17, 15) is 9.90 Å². The molecule has 9 aromatic rings. The first-order valence-corrected chi connectivity index (χ1v) is 19.4. The van der Waals surface area contributed by atoms with E-state index < -0.39 is 0 Å². The van der Waals surface area contributed by atoms with Crippen molar-refractivity contribution in [1.82, 2.24) is 0 Å². The van der Waals surface area contributed by atoms with Gasteiger partial charge in [-0.2, -0.15) is 0 Å². The molecule has 1 N–H and O–H groups in total. The molecule has 9 rings (SSSR count). The minimum atomic E-state index is -0.151. The van der Waals surface area contributed by atoms with Gasteiger partial charge < -0.3 is 9.84 Å². The second-order valence-electron chi connectivity index (χ2n) is 14.1. The van der Waals surface area contributed by atoms with Gasteiger partial charge in [0.15, 0.2) is 5.78 Å². The maximum atomic E-state index is 14.3. The molecular formula is C55H38O3. The Bertz CT molecular complexity index is 2720. The van der Waals surface area contributed by atoms with E-state index in [0.717, 1.165) is 66.8 Å². The molecule has 3 heteroatoms. The molecule has 3 nitrogen and oxygen atoms in total. The fraction of sp³-hybridized carbons (Fsp3) is 0. The highest BCUT2D eigenvalue weighted by atomic mass is 16.5. The number of ketones is 1. The first kappa shape index (κ1) is 35.9. The molecule has 9 aromatic carbocycles. The predicted molar refractivity (Wildman–Crippen MR) is 237 cm³/mol. The molecular weight excluding hydrogens is 709 g/mol. The Balaban J connectivity index is 1.47. The number of hydrogen-bond acceptors (Lipinski definition) is 3. The number of benzene rings is 9. The van der Waals surface area contributed by atoms with Gasteiger partial charge in [-0.05, 0) is 103 Å². The minimum absolute atomic E-state index is 0.127. The van der Waals surface area contributed by atoms with Gasteiger partial charge in [-0.25, -0.2) is 0 Å². The number of phenolic OH excluding ortho intramolecular Hbond substituents is 1. The predicted octanol–water partition coefficient (Wildman–Crippen LogP) is 14.4. The number of rotatable bonds is 10. The average molecular weight is 747 g/mol. The van der Waals surface area contributed by atoms with Crippen molar-refractivity contribution in [1.29, 1.82) is 0 Å². The zero-order valence-electron chi connectivity index (χ0n) is 31.6. The van der Waals surface area contributed by atoms with Gasteiger partial charge >= 0.3 is 0 Å². The van der Waals surface area contributed by atoms with Crippen molar-refractivity contribution in [2.75, 3.05) is 0 Å². The molecule has 0 heterocycles. The second kappa shape index (κ2) is 16.2. The highest BCUT2D eigenvalue weighted by Crippen LogP contribution is 2.56. The number of ether oxygens (including phenoxy) is 1. The van der Waals surface area contributed by atoms with Gasteiger partial charge in [0.05, 0.1) is 5.56 Å². The van der Waals surface area contributed by atoms with Crippen molar-refractivity contribution in [2.45, 2.75) is 0 Å². The molecule has 0 bridgehead atoms. The second-order valence-corrected chi connectivity index (χ2v) is 14.1. The van der Waals surface area contributed by atoms with E-state index in [2.05, 4.69) is 146 Å². The lowest BCUT2D eigenvalue weighted by Gasteiger charge is -2.29. The zero-order valence-corrected chi connectivity index (χ0v) is 31.6. The van der Waals surface area contributed by atoms with Gasteiger partial charge in [-0.1, -0.05) is 188 Å². The maximum Gasteiger partial charge on any atom is 0.196 e. The van der Waals surface area contributed by atoms with Crippen LogP contribution in [-0.4, -0.2) is 10.9 Å². The van der Waals surface area contributed by atoms with Gasteiger partial charge in [0.2, 0.25) is 0 Å². The molecule has 0 aliphatic heterocycles. The number of phenols is 1. The van der Waals surface area contributed by atoms with Crippen LogP contribution in [0, 0.1) is 0 Å². The number of carbonyl (C=O) groups excluding carboxylic acids is 1. The molecule has 0 aliphatic rings. The molecule has 0 saturated carbocycles. The summed E-state index contributed by atoms with van der Waals surface area (Å²) in [5.74, 6) is 0.881. The largest absolute Gasteiger partial charge is 0.508 e. The van der Waals surface area contributed by atoms with E-state index in [4.69, 9.17) is 4.74 Å². The third-order valence-corrected chi connectivity index (χ3v) is 10.4. The van der Waals surface area contributed by atoms with Crippen LogP contribution in [0.25, 0.3) is 66.8 Å². The lowest BCUT2D eigenvalue weighted by molar-refractivity contribution is 0.103. The van der Waals surface area contributed by atoms with Gasteiger partial charge in [0.25, 0.3) is 0 Å². The molecule has 58 heavy (non-hydrogen) atoms. The molecule has 0 amide bonds. The lowest BCUT2D eigenvalue weighted by atomic mass is 9.74. The van der Waals surface area contributed by atoms with E-state index >= 15 is 0 Å². The van der Waals surface area contributed by atoms with Crippen LogP contribution >= 0.6 is 0 Å². The molecule has 0 fully saturated rings. The fourth-order valence-electron chi connectivity index (χ4n) is 7.84. The average Bonchev–Trinajstić information content (AvgIpc) is 3.30. The minimum Gasteiger partial charge on any atom is -0.508 e. The highest BCUT2D eigenvalue weighted by molar-refractivity contribution is 6.16. The van der Waals surface area contributed by atoms with Crippen molar-refractivity contribution in [3.63, 3.8) is 0 Å². The maximum absolute atomic E-state index is 14.3. The molecule has 276 valence electrons. The summed E-state index contributed by atoms with van der Waals surface area (Å²) in [6, 6.07) is 74.9. The van der Waals surface area contributed by atoms with E-state index in [-0.39, 0.29) is 11.5 Å². The summed E-state index contributed by atoms with van der Waals surface area (Å²) in [7, 11) is 0. The summed E-state index contributed by atoms with van der Waals surface area (Å²) in [6.07, 6.45) is 0. The number of aromatic hydroxyl groups is 1. The molecule has 0 radical (unpaired) electrons. The third-order valence-electron chi connectivity index (χ3n) is 10.4. The first-order valence-electron chi connectivity index (χ1n) is 19.4. The molecule has 0 aromatic heterocycles. The Kier molecular flexibility index (Phi) is 10.0. The van der Waals surface area contributed by atoms with Crippen LogP contribution in [0.3, 0.4) is 0 Å². The number of hydrogen-bond donors (Lipinski definition) is 1. The number of carbonyl (C=O) groups is 1. The quantitative estimate of drug-likeness (QED) is 0.142. The van der Waals surface area contributed by atoms with Crippen molar-refractivity contribution in [2.24, 2.45) is 0 Å². The Morgan fingerprint density at radius 1 is 0.345 bits per heavy atom. The summed E-state index contributed by atoms with van der Waals surface area (Å²) >= 11 is 0. The topological polar surface area (TPSA) is 46.5 Å². The standard InChI is InChI=1S/C55H38O3/c56-45-32-34-46(35-33-45)58-48-37-44(31-36-47(48)55(57)43-29-17-6-18-30-43)54-52(41-25-13-4-14-26-41)50(39-21-9-2-10-22-39)49(38-19-7-1-8-20-38)51(40-23-11-3-12-24-40)53(54)42-27-15-5-16-28-42/h1-37,56H. The van der Waals surface area contributed by atoms with Crippen LogP contribution in [0.2, 0.25) is 0 Å². The SMILES string of the molecule is O=C(c1ccccc1)c1ccc(-c2c(-c3ccccc3)c(-c3ccccc3)c(-c3ccccc3)c(-c3ccccc3)c2-c2ccccc2)cc1Oc1ccc(O)cc1. The Morgan fingerprint density at radius 3 is 1.03 bits per heavy atom. The van der Waals surface area contributed by atoms with E-state index in [1.165, 1.54) is 0 Å². The Morgan fingerprint density at radius 2 is 0.672 bits per heavy atom. The van der Waals surface area contributed by atoms with Crippen molar-refractivity contribution in [3.05, 3.63) is 236 Å². The van der Waals surface area contributed by atoms with Crippen molar-refractivity contribution in [3.8, 4) is 84.0 Å². The first-order chi connectivity index (χ1) is 28.6. The van der Waals surface area contributed by atoms with Crippen molar-refractivity contribution >= 4 is 5.78 Å². The Labute approximate surface area is 338 Å². The zero-order chi connectivity index (χ0) is 39.3. The summed E-state index contributed by atoms with van der Waals surface area (Å²) in [6.45, 7) is 0. The summed E-state index contributed by atoms with van der Waals surface area (Å²) in [4.78, 5) is 14.3.